The number of hydrogen-bond acceptors (Lipinski definition) is 3. The molecule has 2 aromatic carbocycles. The second-order valence-electron chi connectivity index (χ2n) is 4.44. The zero-order valence-corrected chi connectivity index (χ0v) is 11.8. The van der Waals surface area contributed by atoms with Crippen molar-refractivity contribution in [1.29, 1.82) is 0 Å². The lowest BCUT2D eigenvalue weighted by molar-refractivity contribution is -0.144. The van der Waals surface area contributed by atoms with Gasteiger partial charge in [-0.2, -0.15) is 0 Å². The Morgan fingerprint density at radius 3 is 2.55 bits per heavy atom. The van der Waals surface area contributed by atoms with Crippen molar-refractivity contribution in [2.45, 2.75) is 19.6 Å². The third kappa shape index (κ3) is 4.08. The van der Waals surface area contributed by atoms with Gasteiger partial charge in [-0.15, -0.1) is 0 Å². The fourth-order valence-corrected chi connectivity index (χ4v) is 2.14. The van der Waals surface area contributed by atoms with Crippen LogP contribution in [0, 0.1) is 0 Å². The molecular formula is C16H16ClNO2. The molecule has 0 aromatic heterocycles. The number of benzene rings is 2. The number of esters is 1. The van der Waals surface area contributed by atoms with E-state index >= 15 is 0 Å². The van der Waals surface area contributed by atoms with Crippen LogP contribution in [-0.4, -0.2) is 5.97 Å². The summed E-state index contributed by atoms with van der Waals surface area (Å²) < 4.78 is 5.25. The minimum Gasteiger partial charge on any atom is -0.461 e. The summed E-state index contributed by atoms with van der Waals surface area (Å²) in [6.45, 7) is 0.641. The number of carbonyl (C=O) groups is 1. The number of hydrogen-bond donors (Lipinski definition) is 1. The van der Waals surface area contributed by atoms with Gasteiger partial charge in [-0.1, -0.05) is 48.0 Å². The Morgan fingerprint density at radius 2 is 1.85 bits per heavy atom. The first-order valence-electron chi connectivity index (χ1n) is 6.36. The van der Waals surface area contributed by atoms with Gasteiger partial charge in [-0.3, -0.25) is 4.79 Å². The van der Waals surface area contributed by atoms with E-state index < -0.39 is 0 Å². The standard InChI is InChI=1S/C16H16ClNO2/c17-15-7-3-4-12(8-15)11-20-16(19)9-13-5-1-2-6-14(13)10-18/h1-8H,9-11,18H2. The van der Waals surface area contributed by atoms with E-state index in [0.29, 0.717) is 11.6 Å². The molecule has 0 atom stereocenters. The highest BCUT2D eigenvalue weighted by Crippen LogP contribution is 2.13. The van der Waals surface area contributed by atoms with Crippen LogP contribution in [-0.2, 0) is 29.1 Å². The van der Waals surface area contributed by atoms with Gasteiger partial charge in [0.25, 0.3) is 0 Å². The smallest absolute Gasteiger partial charge is 0.310 e. The van der Waals surface area contributed by atoms with Crippen molar-refractivity contribution in [2.24, 2.45) is 5.73 Å². The first-order chi connectivity index (χ1) is 9.69. The number of halogens is 1. The van der Waals surface area contributed by atoms with E-state index in [2.05, 4.69) is 0 Å². The predicted octanol–water partition coefficient (Wildman–Crippen LogP) is 3.08. The van der Waals surface area contributed by atoms with Crippen LogP contribution >= 0.6 is 11.6 Å². The van der Waals surface area contributed by atoms with Crippen molar-refractivity contribution in [3.05, 3.63) is 70.2 Å². The summed E-state index contributed by atoms with van der Waals surface area (Å²) in [6, 6.07) is 14.9. The molecule has 2 N–H and O–H groups in total. The van der Waals surface area contributed by atoms with Crippen molar-refractivity contribution < 1.29 is 9.53 Å². The average Bonchev–Trinajstić information content (AvgIpc) is 2.46. The third-order valence-corrected chi connectivity index (χ3v) is 3.20. The van der Waals surface area contributed by atoms with Crippen LogP contribution in [0.15, 0.2) is 48.5 Å². The molecule has 0 fully saturated rings. The van der Waals surface area contributed by atoms with Crippen molar-refractivity contribution >= 4 is 17.6 Å². The summed E-state index contributed by atoms with van der Waals surface area (Å²) in [5.74, 6) is -0.272. The normalized spacial score (nSPS) is 10.3. The molecule has 0 aliphatic rings. The molecule has 4 heteroatoms. The van der Waals surface area contributed by atoms with E-state index in [1.54, 1.807) is 12.1 Å². The number of nitrogens with two attached hydrogens (primary N) is 1. The van der Waals surface area contributed by atoms with Crippen molar-refractivity contribution in [3.8, 4) is 0 Å². The molecular weight excluding hydrogens is 274 g/mol. The van der Waals surface area contributed by atoms with Crippen LogP contribution in [0.2, 0.25) is 5.02 Å². The van der Waals surface area contributed by atoms with Crippen molar-refractivity contribution in [3.63, 3.8) is 0 Å². The molecule has 0 unspecified atom stereocenters. The maximum atomic E-state index is 11.8. The summed E-state index contributed by atoms with van der Waals surface area (Å²) in [5.41, 5.74) is 8.39. The average molecular weight is 290 g/mol. The summed E-state index contributed by atoms with van der Waals surface area (Å²) in [6.07, 6.45) is 0.230. The molecule has 2 aromatic rings. The van der Waals surface area contributed by atoms with Gasteiger partial charge in [0.2, 0.25) is 0 Å². The van der Waals surface area contributed by atoms with Crippen molar-refractivity contribution in [1.82, 2.24) is 0 Å². The minimum atomic E-state index is -0.272. The van der Waals surface area contributed by atoms with Gasteiger partial charge < -0.3 is 10.5 Å². The molecule has 20 heavy (non-hydrogen) atoms. The lowest BCUT2D eigenvalue weighted by atomic mass is 10.1. The van der Waals surface area contributed by atoms with Crippen LogP contribution in [0.3, 0.4) is 0 Å². The maximum Gasteiger partial charge on any atom is 0.310 e. The molecule has 0 spiro atoms. The van der Waals surface area contributed by atoms with Crippen molar-refractivity contribution in [2.75, 3.05) is 0 Å². The highest BCUT2D eigenvalue weighted by molar-refractivity contribution is 6.30. The molecule has 0 aliphatic heterocycles. The zero-order chi connectivity index (χ0) is 14.4. The zero-order valence-electron chi connectivity index (χ0n) is 11.0. The van der Waals surface area contributed by atoms with E-state index in [9.17, 15) is 4.79 Å². The highest BCUT2D eigenvalue weighted by Gasteiger charge is 2.08. The topological polar surface area (TPSA) is 52.3 Å². The first-order valence-corrected chi connectivity index (χ1v) is 6.74. The van der Waals surface area contributed by atoms with E-state index in [1.807, 2.05) is 36.4 Å². The van der Waals surface area contributed by atoms with Crippen LogP contribution < -0.4 is 5.73 Å². The second-order valence-corrected chi connectivity index (χ2v) is 4.88. The Morgan fingerprint density at radius 1 is 1.10 bits per heavy atom. The van der Waals surface area contributed by atoms with E-state index in [1.165, 1.54) is 0 Å². The van der Waals surface area contributed by atoms with Crippen LogP contribution in [0.25, 0.3) is 0 Å². The number of ether oxygens (including phenoxy) is 1. The number of rotatable bonds is 5. The van der Waals surface area contributed by atoms with Gasteiger partial charge in [0.05, 0.1) is 6.42 Å². The Balaban J connectivity index is 1.93. The van der Waals surface area contributed by atoms with Crippen LogP contribution in [0.4, 0.5) is 0 Å². The lowest BCUT2D eigenvalue weighted by Gasteiger charge is -2.08. The Hall–Kier alpha value is -1.84. The highest BCUT2D eigenvalue weighted by atomic mass is 35.5. The Bertz CT molecular complexity index is 599. The van der Waals surface area contributed by atoms with Crippen LogP contribution in [0.1, 0.15) is 16.7 Å². The molecule has 0 heterocycles. The summed E-state index contributed by atoms with van der Waals surface area (Å²) >= 11 is 5.88. The molecule has 0 saturated carbocycles. The molecule has 0 radical (unpaired) electrons. The van der Waals surface area contributed by atoms with E-state index in [0.717, 1.165) is 16.7 Å². The van der Waals surface area contributed by atoms with E-state index in [4.69, 9.17) is 22.1 Å². The summed E-state index contributed by atoms with van der Waals surface area (Å²) in [7, 11) is 0. The van der Waals surface area contributed by atoms with Gasteiger partial charge in [0.1, 0.15) is 6.61 Å². The quantitative estimate of drug-likeness (QED) is 0.861. The van der Waals surface area contributed by atoms with Gasteiger partial charge in [-0.25, -0.2) is 0 Å². The van der Waals surface area contributed by atoms with Gasteiger partial charge in [-0.05, 0) is 28.8 Å². The predicted molar refractivity (Wildman–Crippen MR) is 79.3 cm³/mol. The van der Waals surface area contributed by atoms with Gasteiger partial charge in [0, 0.05) is 11.6 Å². The lowest BCUT2D eigenvalue weighted by Crippen LogP contribution is -2.11. The maximum absolute atomic E-state index is 11.8. The summed E-state index contributed by atoms with van der Waals surface area (Å²) in [5, 5.41) is 0.632. The molecule has 0 saturated heterocycles. The minimum absolute atomic E-state index is 0.226. The molecule has 0 aliphatic carbocycles. The monoisotopic (exact) mass is 289 g/mol. The Labute approximate surface area is 123 Å². The molecule has 0 amide bonds. The molecule has 2 rings (SSSR count). The molecule has 3 nitrogen and oxygen atoms in total. The Kier molecular flexibility index (Phi) is 5.16. The fourth-order valence-electron chi connectivity index (χ4n) is 1.93. The fraction of sp³-hybridized carbons (Fsp3) is 0.188. The second kappa shape index (κ2) is 7.08. The first kappa shape index (κ1) is 14.6. The number of carbonyl (C=O) groups excluding carboxylic acids is 1. The molecule has 0 bridgehead atoms. The van der Waals surface area contributed by atoms with Gasteiger partial charge in [0.15, 0.2) is 0 Å². The third-order valence-electron chi connectivity index (χ3n) is 2.96. The SMILES string of the molecule is NCc1ccccc1CC(=O)OCc1cccc(Cl)c1. The molecule has 104 valence electrons. The van der Waals surface area contributed by atoms with Gasteiger partial charge >= 0.3 is 5.97 Å². The van der Waals surface area contributed by atoms with Crippen LogP contribution in [0.5, 0.6) is 0 Å². The summed E-state index contributed by atoms with van der Waals surface area (Å²) in [4.78, 5) is 11.8. The largest absolute Gasteiger partial charge is 0.461 e. The van der Waals surface area contributed by atoms with E-state index in [-0.39, 0.29) is 19.0 Å².